The Hall–Kier alpha value is -3.03. The molecule has 2 fully saturated rings. The van der Waals surface area contributed by atoms with Crippen molar-refractivity contribution in [3.63, 3.8) is 0 Å². The van der Waals surface area contributed by atoms with Gasteiger partial charge in [0.25, 0.3) is 0 Å². The maximum Gasteiger partial charge on any atom is 0.155 e. The van der Waals surface area contributed by atoms with Crippen LogP contribution in [-0.2, 0) is 4.74 Å². The fraction of sp³-hybridized carbons (Fsp3) is 0.444. The number of fused-ring (bicyclic) bond motifs is 1. The van der Waals surface area contributed by atoms with Crippen LogP contribution in [0.25, 0.3) is 17.1 Å². The number of anilines is 1. The number of aromatic nitrogens is 3. The Morgan fingerprint density at radius 1 is 1.15 bits per heavy atom. The average molecular weight is 458 g/mol. The summed E-state index contributed by atoms with van der Waals surface area (Å²) in [5.41, 5.74) is 5.72. The summed E-state index contributed by atoms with van der Waals surface area (Å²) in [6.45, 7) is 5.16. The summed E-state index contributed by atoms with van der Waals surface area (Å²) in [6, 6.07) is 12.5. The number of rotatable bonds is 5. The Morgan fingerprint density at radius 2 is 2.00 bits per heavy atom. The second-order valence-electron chi connectivity index (χ2n) is 9.86. The molecule has 4 heterocycles. The molecule has 3 aromatic rings. The van der Waals surface area contributed by atoms with Gasteiger partial charge in [-0.05, 0) is 51.2 Å². The van der Waals surface area contributed by atoms with Crippen molar-refractivity contribution in [2.24, 2.45) is 4.99 Å². The second kappa shape index (κ2) is 8.64. The number of benzene rings is 1. The summed E-state index contributed by atoms with van der Waals surface area (Å²) in [7, 11) is 0. The minimum atomic E-state index is -0.535. The zero-order valence-electron chi connectivity index (χ0n) is 19.7. The van der Waals surface area contributed by atoms with Crippen LogP contribution in [0, 0.1) is 6.92 Å². The van der Waals surface area contributed by atoms with Gasteiger partial charge in [-0.25, -0.2) is 9.67 Å². The van der Waals surface area contributed by atoms with Crippen LogP contribution in [0.2, 0.25) is 0 Å². The van der Waals surface area contributed by atoms with E-state index in [-0.39, 0.29) is 5.92 Å². The van der Waals surface area contributed by atoms with Crippen molar-refractivity contribution in [2.45, 2.75) is 50.5 Å². The molecule has 0 radical (unpaired) electrons. The number of morpholine rings is 1. The maximum atomic E-state index is 10.7. The second-order valence-corrected chi connectivity index (χ2v) is 9.86. The lowest BCUT2D eigenvalue weighted by Gasteiger charge is -2.31. The van der Waals surface area contributed by atoms with E-state index in [9.17, 15) is 5.11 Å². The molecule has 7 heteroatoms. The smallest absolute Gasteiger partial charge is 0.155 e. The van der Waals surface area contributed by atoms with E-state index < -0.39 is 5.60 Å². The first-order valence-corrected chi connectivity index (χ1v) is 12.3. The maximum absolute atomic E-state index is 10.7. The molecule has 176 valence electrons. The fourth-order valence-corrected chi connectivity index (χ4v) is 5.09. The number of hydrogen-bond donors (Lipinski definition) is 1. The van der Waals surface area contributed by atoms with Crippen LogP contribution < -0.4 is 4.90 Å². The minimum absolute atomic E-state index is 0.177. The molecule has 1 N–H and O–H groups in total. The highest BCUT2D eigenvalue weighted by Gasteiger charge is 2.43. The monoisotopic (exact) mass is 457 g/mol. The molecule has 34 heavy (non-hydrogen) atoms. The van der Waals surface area contributed by atoms with Gasteiger partial charge in [0.2, 0.25) is 0 Å². The zero-order chi connectivity index (χ0) is 23.1. The zero-order valence-corrected chi connectivity index (χ0v) is 19.7. The van der Waals surface area contributed by atoms with E-state index in [1.807, 2.05) is 23.2 Å². The van der Waals surface area contributed by atoms with E-state index in [0.29, 0.717) is 13.2 Å². The molecule has 1 atom stereocenters. The van der Waals surface area contributed by atoms with Gasteiger partial charge in [0.05, 0.1) is 35.9 Å². The lowest BCUT2D eigenvalue weighted by molar-refractivity contribution is 0.122. The molecule has 0 spiro atoms. The quantitative estimate of drug-likeness (QED) is 0.607. The molecule has 1 aromatic carbocycles. The third kappa shape index (κ3) is 4.26. The van der Waals surface area contributed by atoms with Crippen molar-refractivity contribution in [1.82, 2.24) is 14.8 Å². The molecule has 2 aromatic heterocycles. The molecule has 2 aliphatic heterocycles. The number of hydrogen-bond acceptors (Lipinski definition) is 6. The van der Waals surface area contributed by atoms with Crippen LogP contribution in [0.5, 0.6) is 0 Å². The highest BCUT2D eigenvalue weighted by Crippen LogP contribution is 2.48. The van der Waals surface area contributed by atoms with E-state index >= 15 is 0 Å². The number of aliphatic imine (C=N–C) groups is 1. The summed E-state index contributed by atoms with van der Waals surface area (Å²) in [5, 5.41) is 15.6. The van der Waals surface area contributed by atoms with Gasteiger partial charge in [0, 0.05) is 43.0 Å². The largest absolute Gasteiger partial charge is 0.390 e. The van der Waals surface area contributed by atoms with E-state index in [1.54, 1.807) is 0 Å². The van der Waals surface area contributed by atoms with Crippen molar-refractivity contribution in [1.29, 1.82) is 0 Å². The van der Waals surface area contributed by atoms with Crippen LogP contribution >= 0.6 is 0 Å². The molecule has 6 rings (SSSR count). The number of aliphatic hydroxyl groups is 1. The number of nitrogens with zero attached hydrogens (tertiary/aromatic N) is 5. The third-order valence-corrected chi connectivity index (χ3v) is 7.18. The normalized spacial score (nSPS) is 21.2. The fourth-order valence-electron chi connectivity index (χ4n) is 5.09. The van der Waals surface area contributed by atoms with Gasteiger partial charge < -0.3 is 14.7 Å². The van der Waals surface area contributed by atoms with Gasteiger partial charge in [-0.1, -0.05) is 23.8 Å². The molecule has 7 nitrogen and oxygen atoms in total. The van der Waals surface area contributed by atoms with Gasteiger partial charge >= 0.3 is 0 Å². The van der Waals surface area contributed by atoms with Gasteiger partial charge in [0.15, 0.2) is 5.82 Å². The van der Waals surface area contributed by atoms with Crippen molar-refractivity contribution < 1.29 is 9.84 Å². The van der Waals surface area contributed by atoms with Gasteiger partial charge in [-0.2, -0.15) is 5.10 Å². The Bertz CT molecular complexity index is 1220. The molecule has 0 amide bonds. The molecule has 0 bridgehead atoms. The van der Waals surface area contributed by atoms with Crippen molar-refractivity contribution in [3.8, 4) is 17.1 Å². The van der Waals surface area contributed by atoms with Crippen molar-refractivity contribution >= 4 is 17.6 Å². The van der Waals surface area contributed by atoms with Crippen molar-refractivity contribution in [3.05, 3.63) is 53.9 Å². The Kier molecular flexibility index (Phi) is 5.46. The number of aryl methyl sites for hydroxylation is 1. The summed E-state index contributed by atoms with van der Waals surface area (Å²) in [4.78, 5) is 12.4. The summed E-state index contributed by atoms with van der Waals surface area (Å²) in [5.74, 6) is 0.973. The van der Waals surface area contributed by atoms with Crippen molar-refractivity contribution in [2.75, 3.05) is 31.2 Å². The van der Waals surface area contributed by atoms with E-state index in [2.05, 4.69) is 42.2 Å². The van der Waals surface area contributed by atoms with Crippen LogP contribution in [0.1, 0.15) is 49.3 Å². The van der Waals surface area contributed by atoms with Crippen LogP contribution in [0.15, 0.2) is 47.6 Å². The number of pyridine rings is 1. The van der Waals surface area contributed by atoms with Gasteiger partial charge in [-0.3, -0.25) is 4.99 Å². The SMILES string of the molecule is Cc1cccc(-c2ccn(-c3cc(N4CCOCC4)c4c(n3)C(CC3(O)CC3)CCC=N4)n2)c1. The molecule has 3 aliphatic rings. The molecular formula is C27H31N5O2. The molecule has 1 aliphatic carbocycles. The lowest BCUT2D eigenvalue weighted by atomic mass is 9.91. The van der Waals surface area contributed by atoms with Crippen LogP contribution in [-0.4, -0.2) is 58.0 Å². The summed E-state index contributed by atoms with van der Waals surface area (Å²) >= 11 is 0. The molecule has 1 saturated heterocycles. The Labute approximate surface area is 200 Å². The van der Waals surface area contributed by atoms with Crippen LogP contribution in [0.4, 0.5) is 11.4 Å². The summed E-state index contributed by atoms with van der Waals surface area (Å²) < 4.78 is 7.49. The van der Waals surface area contributed by atoms with Crippen LogP contribution in [0.3, 0.4) is 0 Å². The summed E-state index contributed by atoms with van der Waals surface area (Å²) in [6.07, 6.45) is 8.36. The van der Waals surface area contributed by atoms with E-state index in [1.165, 1.54) is 5.56 Å². The minimum Gasteiger partial charge on any atom is -0.390 e. The van der Waals surface area contributed by atoms with E-state index in [4.69, 9.17) is 19.8 Å². The first kappa shape index (κ1) is 21.5. The Morgan fingerprint density at radius 3 is 2.79 bits per heavy atom. The predicted molar refractivity (Wildman–Crippen MR) is 133 cm³/mol. The average Bonchev–Trinajstić information content (AvgIpc) is 3.44. The Balaban J connectivity index is 1.45. The standard InChI is InChI=1S/C27H31N5O2/c1-19-4-2-5-20(16-19)22-7-11-32(30-22)24-17-23(31-12-14-34-15-13-31)26-25(29-24)21(6-3-10-28-26)18-27(33)8-9-27/h2,4-5,7,10-11,16-17,21,33H,3,6,8-9,12-15,18H2,1H3. The first-order chi connectivity index (χ1) is 16.6. The third-order valence-electron chi connectivity index (χ3n) is 7.18. The molecular weight excluding hydrogens is 426 g/mol. The highest BCUT2D eigenvalue weighted by atomic mass is 16.5. The van der Waals surface area contributed by atoms with Gasteiger partial charge in [-0.15, -0.1) is 0 Å². The van der Waals surface area contributed by atoms with E-state index in [0.717, 1.165) is 79.3 Å². The predicted octanol–water partition coefficient (Wildman–Crippen LogP) is 4.57. The van der Waals surface area contributed by atoms with Gasteiger partial charge in [0.1, 0.15) is 5.69 Å². The lowest BCUT2D eigenvalue weighted by Crippen LogP contribution is -2.36. The first-order valence-electron chi connectivity index (χ1n) is 12.3. The topological polar surface area (TPSA) is 75.8 Å². The number of ether oxygens (including phenoxy) is 1. The highest BCUT2D eigenvalue weighted by molar-refractivity contribution is 5.78. The molecule has 1 saturated carbocycles. The molecule has 1 unspecified atom stereocenters.